The first kappa shape index (κ1) is 17.8. The van der Waals surface area contributed by atoms with Gasteiger partial charge >= 0.3 is 17.6 Å². The Morgan fingerprint density at radius 3 is 2.82 bits per heavy atom. The predicted octanol–water partition coefficient (Wildman–Crippen LogP) is 2.63. The van der Waals surface area contributed by atoms with E-state index in [0.717, 1.165) is 5.56 Å². The third-order valence-corrected chi connectivity index (χ3v) is 4.74. The number of phenolic OH excluding ortho intramolecular Hbond substituents is 1. The first-order valence-electron chi connectivity index (χ1n) is 8.65. The van der Waals surface area contributed by atoms with E-state index in [-0.39, 0.29) is 24.4 Å². The number of benzene rings is 2. The van der Waals surface area contributed by atoms with Crippen molar-refractivity contribution < 1.29 is 28.6 Å². The van der Waals surface area contributed by atoms with Gasteiger partial charge in [-0.25, -0.2) is 14.4 Å². The van der Waals surface area contributed by atoms with Gasteiger partial charge in [-0.3, -0.25) is 0 Å². The van der Waals surface area contributed by atoms with E-state index in [2.05, 4.69) is 0 Å². The Bertz CT molecular complexity index is 1160. The largest absolute Gasteiger partial charge is 0.508 e. The fourth-order valence-corrected chi connectivity index (χ4v) is 3.24. The fourth-order valence-electron chi connectivity index (χ4n) is 3.24. The second-order valence-electron chi connectivity index (χ2n) is 6.54. The SMILES string of the molecule is Cc1c(O)ccc2c(COC(=O)[C@H]3Cc4ccccc4C(=O)O3)cc(=O)oc12. The Labute approximate surface area is 159 Å². The molecule has 7 heteroatoms. The number of carbonyl (C=O) groups is 2. The molecule has 0 aliphatic carbocycles. The molecule has 1 aliphatic heterocycles. The second-order valence-corrected chi connectivity index (χ2v) is 6.54. The lowest BCUT2D eigenvalue weighted by atomic mass is 9.99. The lowest BCUT2D eigenvalue weighted by Gasteiger charge is -2.23. The van der Waals surface area contributed by atoms with Crippen LogP contribution in [0.15, 0.2) is 51.7 Å². The Morgan fingerprint density at radius 2 is 2.00 bits per heavy atom. The number of rotatable bonds is 3. The molecule has 7 nitrogen and oxygen atoms in total. The molecule has 1 N–H and O–H groups in total. The number of hydrogen-bond acceptors (Lipinski definition) is 7. The van der Waals surface area contributed by atoms with Crippen LogP contribution in [0.5, 0.6) is 5.75 Å². The monoisotopic (exact) mass is 380 g/mol. The lowest BCUT2D eigenvalue weighted by molar-refractivity contribution is -0.155. The summed E-state index contributed by atoms with van der Waals surface area (Å²) in [5, 5.41) is 10.3. The van der Waals surface area contributed by atoms with Gasteiger partial charge in [0.1, 0.15) is 17.9 Å². The average Bonchev–Trinajstić information content (AvgIpc) is 2.69. The molecule has 4 rings (SSSR count). The van der Waals surface area contributed by atoms with E-state index >= 15 is 0 Å². The van der Waals surface area contributed by atoms with E-state index in [9.17, 15) is 19.5 Å². The average molecular weight is 380 g/mol. The van der Waals surface area contributed by atoms with E-state index < -0.39 is 23.7 Å². The zero-order valence-corrected chi connectivity index (χ0v) is 14.9. The Morgan fingerprint density at radius 1 is 1.21 bits per heavy atom. The van der Waals surface area contributed by atoms with Crippen LogP contribution in [-0.2, 0) is 27.3 Å². The number of ether oxygens (including phenoxy) is 2. The van der Waals surface area contributed by atoms with Crippen molar-refractivity contribution >= 4 is 22.9 Å². The molecule has 1 aliphatic rings. The summed E-state index contributed by atoms with van der Waals surface area (Å²) in [6.07, 6.45) is -0.814. The van der Waals surface area contributed by atoms with Gasteiger partial charge in [0.2, 0.25) is 6.10 Å². The predicted molar refractivity (Wildman–Crippen MR) is 98.0 cm³/mol. The molecule has 142 valence electrons. The van der Waals surface area contributed by atoms with Crippen LogP contribution in [0.25, 0.3) is 11.0 Å². The molecule has 0 amide bonds. The molecule has 0 saturated carbocycles. The molecule has 0 fully saturated rings. The maximum atomic E-state index is 12.4. The highest BCUT2D eigenvalue weighted by Crippen LogP contribution is 2.28. The number of cyclic esters (lactones) is 1. The van der Waals surface area contributed by atoms with Crippen LogP contribution < -0.4 is 5.63 Å². The van der Waals surface area contributed by atoms with Crippen LogP contribution in [0.1, 0.15) is 27.0 Å². The first-order chi connectivity index (χ1) is 13.4. The lowest BCUT2D eigenvalue weighted by Crippen LogP contribution is -2.35. The van der Waals surface area contributed by atoms with E-state index in [0.29, 0.717) is 22.1 Å². The van der Waals surface area contributed by atoms with E-state index in [1.165, 1.54) is 12.1 Å². The molecule has 0 spiro atoms. The molecule has 2 heterocycles. The Kier molecular flexibility index (Phi) is 4.35. The van der Waals surface area contributed by atoms with Gasteiger partial charge in [-0.15, -0.1) is 0 Å². The number of aryl methyl sites for hydroxylation is 1. The van der Waals surface area contributed by atoms with Crippen LogP contribution in [0.4, 0.5) is 0 Å². The standard InChI is InChI=1S/C21H16O7/c1-11-16(22)7-6-14-13(9-18(23)28-19(11)14)10-26-21(25)17-8-12-4-2-3-5-15(12)20(24)27-17/h2-7,9,17,22H,8,10H2,1H3/t17-/m1/s1. The zero-order valence-electron chi connectivity index (χ0n) is 14.9. The maximum Gasteiger partial charge on any atom is 0.348 e. The summed E-state index contributed by atoms with van der Waals surface area (Å²) in [6, 6.07) is 11.2. The number of aromatic hydroxyl groups is 1. The summed E-state index contributed by atoms with van der Waals surface area (Å²) in [4.78, 5) is 36.3. The third kappa shape index (κ3) is 3.11. The second kappa shape index (κ2) is 6.84. The normalized spacial score (nSPS) is 15.8. The number of hydrogen-bond donors (Lipinski definition) is 1. The minimum atomic E-state index is -1.04. The van der Waals surface area contributed by atoms with Gasteiger partial charge in [-0.1, -0.05) is 18.2 Å². The van der Waals surface area contributed by atoms with Crippen molar-refractivity contribution in [2.24, 2.45) is 0 Å². The number of phenols is 1. The van der Waals surface area contributed by atoms with Crippen LogP contribution in [0.3, 0.4) is 0 Å². The molecular formula is C21H16O7. The Hall–Kier alpha value is -3.61. The highest BCUT2D eigenvalue weighted by atomic mass is 16.6. The number of carbonyl (C=O) groups excluding carboxylic acids is 2. The van der Waals surface area contributed by atoms with Gasteiger partial charge in [0.15, 0.2) is 0 Å². The van der Waals surface area contributed by atoms with Crippen molar-refractivity contribution in [2.75, 3.05) is 0 Å². The molecule has 2 aromatic carbocycles. The zero-order chi connectivity index (χ0) is 19.8. The molecule has 0 radical (unpaired) electrons. The van der Waals surface area contributed by atoms with E-state index in [4.69, 9.17) is 13.9 Å². The van der Waals surface area contributed by atoms with Gasteiger partial charge in [0.25, 0.3) is 0 Å². The minimum absolute atomic E-state index is 0.00224. The van der Waals surface area contributed by atoms with Crippen molar-refractivity contribution in [3.63, 3.8) is 0 Å². The van der Waals surface area contributed by atoms with Crippen molar-refractivity contribution in [3.8, 4) is 5.75 Å². The minimum Gasteiger partial charge on any atom is -0.508 e. The molecule has 1 atom stereocenters. The van der Waals surface area contributed by atoms with Crippen molar-refractivity contribution in [2.45, 2.75) is 26.1 Å². The van der Waals surface area contributed by atoms with Crippen molar-refractivity contribution in [1.29, 1.82) is 0 Å². The molecule has 0 saturated heterocycles. The van der Waals surface area contributed by atoms with Gasteiger partial charge in [0.05, 0.1) is 5.56 Å². The highest BCUT2D eigenvalue weighted by molar-refractivity contribution is 5.95. The summed E-state index contributed by atoms with van der Waals surface area (Å²) in [6.45, 7) is 1.43. The van der Waals surface area contributed by atoms with E-state index in [1.807, 2.05) is 0 Å². The summed E-state index contributed by atoms with van der Waals surface area (Å²) in [5.74, 6) is -1.27. The van der Waals surface area contributed by atoms with E-state index in [1.54, 1.807) is 37.3 Å². The smallest absolute Gasteiger partial charge is 0.348 e. The van der Waals surface area contributed by atoms with Crippen molar-refractivity contribution in [1.82, 2.24) is 0 Å². The molecular weight excluding hydrogens is 364 g/mol. The molecule has 1 aromatic heterocycles. The summed E-state index contributed by atoms with van der Waals surface area (Å²) in [7, 11) is 0. The maximum absolute atomic E-state index is 12.4. The van der Waals surface area contributed by atoms with Crippen LogP contribution in [0.2, 0.25) is 0 Å². The summed E-state index contributed by atoms with van der Waals surface area (Å²) >= 11 is 0. The van der Waals surface area contributed by atoms with Gasteiger partial charge < -0.3 is 19.0 Å². The molecule has 0 unspecified atom stereocenters. The molecule has 0 bridgehead atoms. The van der Waals surface area contributed by atoms with Crippen LogP contribution in [-0.4, -0.2) is 23.1 Å². The first-order valence-corrected chi connectivity index (χ1v) is 8.65. The fraction of sp³-hybridized carbons (Fsp3) is 0.190. The van der Waals surface area contributed by atoms with Crippen molar-refractivity contribution in [3.05, 3.63) is 75.1 Å². The molecule has 28 heavy (non-hydrogen) atoms. The van der Waals surface area contributed by atoms with Gasteiger partial charge in [0, 0.05) is 29.0 Å². The molecule has 3 aromatic rings. The number of esters is 2. The van der Waals surface area contributed by atoms with Gasteiger partial charge in [-0.2, -0.15) is 0 Å². The van der Waals surface area contributed by atoms with Gasteiger partial charge in [-0.05, 0) is 30.7 Å². The summed E-state index contributed by atoms with van der Waals surface area (Å²) < 4.78 is 15.7. The highest BCUT2D eigenvalue weighted by Gasteiger charge is 2.32. The van der Waals surface area contributed by atoms with Crippen LogP contribution >= 0.6 is 0 Å². The quantitative estimate of drug-likeness (QED) is 0.550. The Balaban J connectivity index is 1.56. The summed E-state index contributed by atoms with van der Waals surface area (Å²) in [5.41, 5.74) is 1.62. The topological polar surface area (TPSA) is 103 Å². The van der Waals surface area contributed by atoms with Crippen LogP contribution in [0, 0.1) is 6.92 Å². The third-order valence-electron chi connectivity index (χ3n) is 4.74. The number of fused-ring (bicyclic) bond motifs is 2.